The first kappa shape index (κ1) is 9.75. The van der Waals surface area contributed by atoms with E-state index >= 15 is 0 Å². The Balaban J connectivity index is 2.56. The van der Waals surface area contributed by atoms with E-state index in [4.69, 9.17) is 9.47 Å². The zero-order valence-electron chi connectivity index (χ0n) is 8.17. The predicted molar refractivity (Wildman–Crippen MR) is 49.2 cm³/mol. The molecule has 1 aliphatic rings. The Kier molecular flexibility index (Phi) is 3.76. The second-order valence-corrected chi connectivity index (χ2v) is 3.36. The van der Waals surface area contributed by atoms with Gasteiger partial charge >= 0.3 is 0 Å². The van der Waals surface area contributed by atoms with Gasteiger partial charge in [-0.1, -0.05) is 13.0 Å². The molecule has 0 spiro atoms. The highest BCUT2D eigenvalue weighted by molar-refractivity contribution is 5.12. The van der Waals surface area contributed by atoms with Gasteiger partial charge in [0.05, 0.1) is 12.7 Å². The molecule has 1 fully saturated rings. The molecule has 0 aromatic heterocycles. The Hall–Kier alpha value is -0.340. The maximum atomic E-state index is 5.53. The van der Waals surface area contributed by atoms with Gasteiger partial charge in [-0.2, -0.15) is 0 Å². The summed E-state index contributed by atoms with van der Waals surface area (Å²) in [5.74, 6) is 0.656. The number of methoxy groups -OCH3 is 1. The standard InChI is InChI=1S/C10H18O2/c1-8-4-7-12-9(2)10(8)5-6-11-3/h5,8-9H,4,6-7H2,1-3H3/b10-5-. The zero-order chi connectivity index (χ0) is 8.97. The highest BCUT2D eigenvalue weighted by Crippen LogP contribution is 2.25. The summed E-state index contributed by atoms with van der Waals surface area (Å²) < 4.78 is 10.5. The summed E-state index contributed by atoms with van der Waals surface area (Å²) in [6, 6.07) is 0. The summed E-state index contributed by atoms with van der Waals surface area (Å²) in [5.41, 5.74) is 1.39. The molecule has 2 nitrogen and oxygen atoms in total. The van der Waals surface area contributed by atoms with Crippen molar-refractivity contribution in [1.82, 2.24) is 0 Å². The Morgan fingerprint density at radius 1 is 1.58 bits per heavy atom. The lowest BCUT2D eigenvalue weighted by molar-refractivity contribution is 0.0478. The number of rotatable bonds is 2. The molecule has 2 heteroatoms. The molecular formula is C10H18O2. The molecule has 1 heterocycles. The Bertz CT molecular complexity index is 151. The average Bonchev–Trinajstić information content (AvgIpc) is 2.04. The van der Waals surface area contributed by atoms with E-state index in [0.29, 0.717) is 12.5 Å². The molecule has 1 rings (SSSR count). The number of hydrogen-bond donors (Lipinski definition) is 0. The van der Waals surface area contributed by atoms with Crippen LogP contribution in [0.3, 0.4) is 0 Å². The fraction of sp³-hybridized carbons (Fsp3) is 0.800. The second kappa shape index (κ2) is 4.63. The van der Waals surface area contributed by atoms with Gasteiger partial charge in [0.2, 0.25) is 0 Å². The van der Waals surface area contributed by atoms with Gasteiger partial charge in [-0.25, -0.2) is 0 Å². The Labute approximate surface area is 74.6 Å². The smallest absolute Gasteiger partial charge is 0.0760 e. The SMILES string of the molecule is COC/C=C1/C(C)CCOC1C. The quantitative estimate of drug-likeness (QED) is 0.590. The summed E-state index contributed by atoms with van der Waals surface area (Å²) in [5, 5.41) is 0. The lowest BCUT2D eigenvalue weighted by atomic mass is 9.91. The Morgan fingerprint density at radius 3 is 2.92 bits per heavy atom. The van der Waals surface area contributed by atoms with Crippen molar-refractivity contribution in [3.63, 3.8) is 0 Å². The van der Waals surface area contributed by atoms with Crippen LogP contribution in [0.25, 0.3) is 0 Å². The van der Waals surface area contributed by atoms with E-state index in [0.717, 1.165) is 13.0 Å². The van der Waals surface area contributed by atoms with Gasteiger partial charge in [0.1, 0.15) is 0 Å². The topological polar surface area (TPSA) is 18.5 Å². The fourth-order valence-electron chi connectivity index (χ4n) is 1.63. The summed E-state index contributed by atoms with van der Waals surface area (Å²) >= 11 is 0. The molecule has 12 heavy (non-hydrogen) atoms. The molecule has 0 N–H and O–H groups in total. The normalized spacial score (nSPS) is 34.1. The van der Waals surface area contributed by atoms with Crippen LogP contribution in [0.15, 0.2) is 11.6 Å². The highest BCUT2D eigenvalue weighted by atomic mass is 16.5. The molecule has 0 amide bonds. The van der Waals surface area contributed by atoms with Gasteiger partial charge in [0.25, 0.3) is 0 Å². The van der Waals surface area contributed by atoms with Crippen molar-refractivity contribution in [3.8, 4) is 0 Å². The third-order valence-electron chi connectivity index (χ3n) is 2.44. The van der Waals surface area contributed by atoms with Crippen LogP contribution in [-0.4, -0.2) is 26.4 Å². The van der Waals surface area contributed by atoms with Crippen molar-refractivity contribution in [1.29, 1.82) is 0 Å². The summed E-state index contributed by atoms with van der Waals surface area (Å²) in [4.78, 5) is 0. The van der Waals surface area contributed by atoms with Gasteiger partial charge in [0.15, 0.2) is 0 Å². The molecule has 1 aliphatic heterocycles. The molecular weight excluding hydrogens is 152 g/mol. The first-order valence-corrected chi connectivity index (χ1v) is 4.56. The molecule has 1 saturated heterocycles. The molecule has 70 valence electrons. The fourth-order valence-corrected chi connectivity index (χ4v) is 1.63. The molecule has 0 aromatic carbocycles. The minimum Gasteiger partial charge on any atom is -0.381 e. The van der Waals surface area contributed by atoms with Crippen molar-refractivity contribution < 1.29 is 9.47 Å². The van der Waals surface area contributed by atoms with Crippen molar-refractivity contribution in [3.05, 3.63) is 11.6 Å². The molecule has 2 atom stereocenters. The maximum absolute atomic E-state index is 5.53. The maximum Gasteiger partial charge on any atom is 0.0760 e. The van der Waals surface area contributed by atoms with Crippen LogP contribution in [-0.2, 0) is 9.47 Å². The molecule has 0 aliphatic carbocycles. The molecule has 0 radical (unpaired) electrons. The van der Waals surface area contributed by atoms with Crippen molar-refractivity contribution in [2.24, 2.45) is 5.92 Å². The van der Waals surface area contributed by atoms with Crippen LogP contribution in [0.2, 0.25) is 0 Å². The van der Waals surface area contributed by atoms with E-state index in [1.54, 1.807) is 7.11 Å². The molecule has 2 unspecified atom stereocenters. The van der Waals surface area contributed by atoms with E-state index < -0.39 is 0 Å². The van der Waals surface area contributed by atoms with Crippen molar-refractivity contribution in [2.75, 3.05) is 20.3 Å². The number of ether oxygens (including phenoxy) is 2. The summed E-state index contributed by atoms with van der Waals surface area (Å²) in [7, 11) is 1.72. The lowest BCUT2D eigenvalue weighted by Crippen LogP contribution is -2.25. The minimum absolute atomic E-state index is 0.281. The van der Waals surface area contributed by atoms with Crippen LogP contribution in [0.1, 0.15) is 20.3 Å². The Morgan fingerprint density at radius 2 is 2.33 bits per heavy atom. The van der Waals surface area contributed by atoms with E-state index in [-0.39, 0.29) is 6.10 Å². The van der Waals surface area contributed by atoms with Gasteiger partial charge in [-0.15, -0.1) is 0 Å². The third kappa shape index (κ3) is 2.32. The van der Waals surface area contributed by atoms with Crippen LogP contribution in [0.4, 0.5) is 0 Å². The number of hydrogen-bond acceptors (Lipinski definition) is 2. The third-order valence-corrected chi connectivity index (χ3v) is 2.44. The van der Waals surface area contributed by atoms with Crippen molar-refractivity contribution >= 4 is 0 Å². The van der Waals surface area contributed by atoms with E-state index in [2.05, 4.69) is 19.9 Å². The van der Waals surface area contributed by atoms with Crippen LogP contribution in [0, 0.1) is 5.92 Å². The van der Waals surface area contributed by atoms with E-state index in [1.807, 2.05) is 0 Å². The molecule has 0 saturated carbocycles. The van der Waals surface area contributed by atoms with E-state index in [9.17, 15) is 0 Å². The molecule has 0 bridgehead atoms. The van der Waals surface area contributed by atoms with Crippen LogP contribution < -0.4 is 0 Å². The predicted octanol–water partition coefficient (Wildman–Crippen LogP) is 2.00. The zero-order valence-corrected chi connectivity index (χ0v) is 8.17. The lowest BCUT2D eigenvalue weighted by Gasteiger charge is -2.28. The summed E-state index contributed by atoms with van der Waals surface area (Å²) in [6.07, 6.45) is 3.57. The van der Waals surface area contributed by atoms with Gasteiger partial charge in [-0.3, -0.25) is 0 Å². The van der Waals surface area contributed by atoms with Crippen LogP contribution in [0.5, 0.6) is 0 Å². The van der Waals surface area contributed by atoms with Crippen LogP contribution >= 0.6 is 0 Å². The highest BCUT2D eigenvalue weighted by Gasteiger charge is 2.20. The first-order valence-electron chi connectivity index (χ1n) is 4.56. The molecule has 0 aromatic rings. The minimum atomic E-state index is 0.281. The first-order chi connectivity index (χ1) is 5.75. The monoisotopic (exact) mass is 170 g/mol. The summed E-state index contributed by atoms with van der Waals surface area (Å²) in [6.45, 7) is 5.96. The van der Waals surface area contributed by atoms with E-state index in [1.165, 1.54) is 5.57 Å². The van der Waals surface area contributed by atoms with Gasteiger partial charge in [-0.05, 0) is 24.8 Å². The largest absolute Gasteiger partial charge is 0.381 e. The van der Waals surface area contributed by atoms with Crippen molar-refractivity contribution in [2.45, 2.75) is 26.4 Å². The average molecular weight is 170 g/mol. The van der Waals surface area contributed by atoms with Gasteiger partial charge < -0.3 is 9.47 Å². The second-order valence-electron chi connectivity index (χ2n) is 3.36. The van der Waals surface area contributed by atoms with Gasteiger partial charge in [0, 0.05) is 13.7 Å².